The van der Waals surface area contributed by atoms with Gasteiger partial charge in [-0.1, -0.05) is 18.2 Å². The number of carbonyl (C=O) groups is 1. The van der Waals surface area contributed by atoms with Crippen LogP contribution >= 0.6 is 11.3 Å². The molecule has 1 aromatic heterocycles. The summed E-state index contributed by atoms with van der Waals surface area (Å²) in [5.74, 6) is -0.703. The molecule has 2 aromatic carbocycles. The Morgan fingerprint density at radius 3 is 2.21 bits per heavy atom. The molecule has 1 heterocycles. The lowest BCUT2D eigenvalue weighted by Gasteiger charge is -2.18. The summed E-state index contributed by atoms with van der Waals surface area (Å²) in [7, 11) is -3.62. The van der Waals surface area contributed by atoms with Gasteiger partial charge in [-0.3, -0.25) is 4.79 Å². The van der Waals surface area contributed by atoms with Crippen molar-refractivity contribution in [2.45, 2.75) is 30.8 Å². The molecule has 3 rings (SSSR count). The first-order chi connectivity index (χ1) is 13.8. The molecule has 1 atom stereocenters. The van der Waals surface area contributed by atoms with Gasteiger partial charge in [0.25, 0.3) is 5.91 Å². The average molecular weight is 433 g/mol. The molecular formula is C21H21FN2O3S2. The molecule has 1 amide bonds. The number of hydrogen-bond acceptors (Lipinski definition) is 4. The summed E-state index contributed by atoms with van der Waals surface area (Å²) >= 11 is 1.48. The second-order valence-corrected chi connectivity index (χ2v) is 9.47. The number of amides is 1. The number of thiophene rings is 1. The minimum absolute atomic E-state index is 0.0936. The van der Waals surface area contributed by atoms with Crippen LogP contribution < -0.4 is 10.0 Å². The summed E-state index contributed by atoms with van der Waals surface area (Å²) in [5, 5.41) is 4.85. The largest absolute Gasteiger partial charge is 0.340 e. The SMILES string of the molecule is CC(C)NS(=O)(=O)c1ccc(C(=O)NC(c2ccc(F)cc2)c2cccs2)cc1. The molecule has 1 unspecified atom stereocenters. The van der Waals surface area contributed by atoms with Gasteiger partial charge in [-0.2, -0.15) is 0 Å². The smallest absolute Gasteiger partial charge is 0.252 e. The first kappa shape index (κ1) is 21.2. The lowest BCUT2D eigenvalue weighted by molar-refractivity contribution is 0.0943. The molecule has 0 spiro atoms. The fourth-order valence-electron chi connectivity index (χ4n) is 2.81. The van der Waals surface area contributed by atoms with Crippen LogP contribution in [0.1, 0.15) is 40.7 Å². The minimum atomic E-state index is -3.62. The van der Waals surface area contributed by atoms with E-state index in [0.717, 1.165) is 10.4 Å². The molecule has 29 heavy (non-hydrogen) atoms. The predicted molar refractivity (Wildman–Crippen MR) is 112 cm³/mol. The third kappa shape index (κ3) is 5.29. The van der Waals surface area contributed by atoms with Gasteiger partial charge in [0.2, 0.25) is 10.0 Å². The number of sulfonamides is 1. The molecule has 0 saturated carbocycles. The molecule has 0 fully saturated rings. The molecule has 0 radical (unpaired) electrons. The van der Waals surface area contributed by atoms with E-state index in [1.807, 2.05) is 17.5 Å². The van der Waals surface area contributed by atoms with Crippen molar-refractivity contribution in [2.75, 3.05) is 0 Å². The summed E-state index contributed by atoms with van der Waals surface area (Å²) in [5.41, 5.74) is 1.08. The van der Waals surface area contributed by atoms with Crippen molar-refractivity contribution in [1.82, 2.24) is 10.0 Å². The van der Waals surface area contributed by atoms with Crippen LogP contribution in [0.2, 0.25) is 0 Å². The third-order valence-electron chi connectivity index (χ3n) is 4.12. The first-order valence-electron chi connectivity index (χ1n) is 8.98. The fraction of sp³-hybridized carbons (Fsp3) is 0.190. The maximum Gasteiger partial charge on any atom is 0.252 e. The van der Waals surface area contributed by atoms with Gasteiger partial charge >= 0.3 is 0 Å². The van der Waals surface area contributed by atoms with E-state index in [2.05, 4.69) is 10.0 Å². The number of halogens is 1. The van der Waals surface area contributed by atoms with Crippen LogP contribution in [0.25, 0.3) is 0 Å². The van der Waals surface area contributed by atoms with E-state index in [9.17, 15) is 17.6 Å². The van der Waals surface area contributed by atoms with Gasteiger partial charge in [-0.05, 0) is 67.3 Å². The van der Waals surface area contributed by atoms with Crippen LogP contribution in [0, 0.1) is 5.82 Å². The summed E-state index contributed by atoms with van der Waals surface area (Å²) in [6.45, 7) is 3.47. The molecule has 0 saturated heterocycles. The Hall–Kier alpha value is -2.55. The van der Waals surface area contributed by atoms with Gasteiger partial charge in [0.1, 0.15) is 5.82 Å². The Morgan fingerprint density at radius 2 is 1.66 bits per heavy atom. The van der Waals surface area contributed by atoms with Crippen molar-refractivity contribution < 1.29 is 17.6 Å². The molecular weight excluding hydrogens is 411 g/mol. The fourth-order valence-corrected chi connectivity index (χ4v) is 4.86. The Bertz CT molecular complexity index is 1060. The van der Waals surface area contributed by atoms with Crippen LogP contribution in [0.5, 0.6) is 0 Å². The molecule has 0 aliphatic rings. The molecule has 152 valence electrons. The van der Waals surface area contributed by atoms with E-state index < -0.39 is 16.1 Å². The second-order valence-electron chi connectivity index (χ2n) is 6.77. The van der Waals surface area contributed by atoms with Crippen LogP contribution in [-0.2, 0) is 10.0 Å². The van der Waals surface area contributed by atoms with Gasteiger partial charge in [0.15, 0.2) is 0 Å². The normalized spacial score (nSPS) is 12.7. The maximum atomic E-state index is 13.3. The Morgan fingerprint density at radius 1 is 1.00 bits per heavy atom. The van der Waals surface area contributed by atoms with Crippen molar-refractivity contribution >= 4 is 27.3 Å². The van der Waals surface area contributed by atoms with E-state index in [-0.39, 0.29) is 22.7 Å². The van der Waals surface area contributed by atoms with E-state index >= 15 is 0 Å². The standard InChI is InChI=1S/C21H21FN2O3S2/c1-14(2)24-29(26,27)18-11-7-16(8-12-18)21(25)23-20(19-4-3-13-28-19)15-5-9-17(22)10-6-15/h3-14,20,24H,1-2H3,(H,23,25). The number of nitrogens with one attached hydrogen (secondary N) is 2. The molecule has 0 aliphatic carbocycles. The summed E-state index contributed by atoms with van der Waals surface area (Å²) < 4.78 is 40.3. The molecule has 3 aromatic rings. The van der Waals surface area contributed by atoms with E-state index in [1.165, 1.54) is 47.7 Å². The number of carbonyl (C=O) groups excluding carboxylic acids is 1. The van der Waals surface area contributed by atoms with Gasteiger partial charge < -0.3 is 5.32 Å². The Kier molecular flexibility index (Phi) is 6.46. The summed E-state index contributed by atoms with van der Waals surface area (Å²) in [4.78, 5) is 13.8. The quantitative estimate of drug-likeness (QED) is 0.590. The number of hydrogen-bond donors (Lipinski definition) is 2. The van der Waals surface area contributed by atoms with Crippen molar-refractivity contribution in [3.63, 3.8) is 0 Å². The van der Waals surface area contributed by atoms with Crippen LogP contribution in [0.15, 0.2) is 70.9 Å². The highest BCUT2D eigenvalue weighted by atomic mass is 32.2. The Balaban J connectivity index is 1.82. The van der Waals surface area contributed by atoms with E-state index in [1.54, 1.807) is 26.0 Å². The third-order valence-corrected chi connectivity index (χ3v) is 6.74. The van der Waals surface area contributed by atoms with Gasteiger partial charge in [0, 0.05) is 16.5 Å². The predicted octanol–water partition coefficient (Wildman–Crippen LogP) is 4.09. The van der Waals surface area contributed by atoms with Crippen LogP contribution in [0.3, 0.4) is 0 Å². The highest BCUT2D eigenvalue weighted by Crippen LogP contribution is 2.27. The van der Waals surface area contributed by atoms with Crippen molar-refractivity contribution in [1.29, 1.82) is 0 Å². The zero-order valence-corrected chi connectivity index (χ0v) is 17.6. The molecule has 2 N–H and O–H groups in total. The summed E-state index contributed by atoms with van der Waals surface area (Å²) in [6, 6.07) is 14.8. The van der Waals surface area contributed by atoms with E-state index in [0.29, 0.717) is 5.56 Å². The Labute approximate surface area is 173 Å². The van der Waals surface area contributed by atoms with E-state index in [4.69, 9.17) is 0 Å². The van der Waals surface area contributed by atoms with Gasteiger partial charge in [-0.15, -0.1) is 11.3 Å². The minimum Gasteiger partial charge on any atom is -0.340 e. The molecule has 8 heteroatoms. The highest BCUT2D eigenvalue weighted by Gasteiger charge is 2.20. The lowest BCUT2D eigenvalue weighted by Crippen LogP contribution is -2.30. The van der Waals surface area contributed by atoms with Crippen molar-refractivity contribution in [3.8, 4) is 0 Å². The number of benzene rings is 2. The summed E-state index contributed by atoms with van der Waals surface area (Å²) in [6.07, 6.45) is 0. The zero-order valence-electron chi connectivity index (χ0n) is 15.9. The molecule has 5 nitrogen and oxygen atoms in total. The highest BCUT2D eigenvalue weighted by molar-refractivity contribution is 7.89. The molecule has 0 bridgehead atoms. The first-order valence-corrected chi connectivity index (χ1v) is 11.3. The van der Waals surface area contributed by atoms with Crippen molar-refractivity contribution in [3.05, 3.63) is 87.9 Å². The zero-order chi connectivity index (χ0) is 21.0. The monoisotopic (exact) mass is 432 g/mol. The van der Waals surface area contributed by atoms with Crippen LogP contribution in [0.4, 0.5) is 4.39 Å². The number of rotatable bonds is 7. The van der Waals surface area contributed by atoms with Crippen LogP contribution in [-0.4, -0.2) is 20.4 Å². The van der Waals surface area contributed by atoms with Gasteiger partial charge in [-0.25, -0.2) is 17.5 Å². The second kappa shape index (κ2) is 8.86. The molecule has 0 aliphatic heterocycles. The van der Waals surface area contributed by atoms with Crippen molar-refractivity contribution in [2.24, 2.45) is 0 Å². The average Bonchev–Trinajstić information content (AvgIpc) is 3.20. The topological polar surface area (TPSA) is 75.3 Å². The lowest BCUT2D eigenvalue weighted by atomic mass is 10.0. The van der Waals surface area contributed by atoms with Gasteiger partial charge in [0.05, 0.1) is 10.9 Å². The maximum absolute atomic E-state index is 13.3.